The van der Waals surface area contributed by atoms with Gasteiger partial charge in [0.25, 0.3) is 0 Å². The molecule has 5 rings (SSSR count). The molecule has 7 nitrogen and oxygen atoms in total. The van der Waals surface area contributed by atoms with Crippen molar-refractivity contribution in [1.29, 1.82) is 0 Å². The van der Waals surface area contributed by atoms with Gasteiger partial charge < -0.3 is 19.9 Å². The molecule has 7 heteroatoms. The number of fused-ring (bicyclic) bond motifs is 5. The van der Waals surface area contributed by atoms with E-state index in [0.29, 0.717) is 49.2 Å². The maximum atomic E-state index is 13.2. The standard InChI is InChI=1S/C31H49N3O4/c1-29(2,3)38-28(37)34-17-13-21(14-18-34)32-26(35)19-20-7-9-23-22-8-10-25-31(5,16-12-27(36)33(25)6)24(22)11-15-30(20,23)4/h12,16,20-25H,7-11,13-15,17-19H2,1-6H3,(H,32,35)/t20-,22+,23+,24+,25-,30-,31-/m1/s1. The van der Waals surface area contributed by atoms with Crippen LogP contribution in [0.2, 0.25) is 0 Å². The van der Waals surface area contributed by atoms with E-state index in [2.05, 4.69) is 25.2 Å². The van der Waals surface area contributed by atoms with Crippen LogP contribution >= 0.6 is 0 Å². The number of rotatable bonds is 3. The number of amides is 3. The predicted octanol–water partition coefficient (Wildman–Crippen LogP) is 5.15. The highest BCUT2D eigenvalue weighted by atomic mass is 16.6. The van der Waals surface area contributed by atoms with E-state index in [0.717, 1.165) is 25.7 Å². The number of nitrogens with one attached hydrogen (secondary N) is 1. The molecule has 0 spiro atoms. The molecule has 2 heterocycles. The Morgan fingerprint density at radius 2 is 1.74 bits per heavy atom. The number of ether oxygens (including phenoxy) is 1. The highest BCUT2D eigenvalue weighted by Gasteiger charge is 2.60. The first-order chi connectivity index (χ1) is 17.8. The number of hydrogen-bond donors (Lipinski definition) is 1. The van der Waals surface area contributed by atoms with Crippen molar-refractivity contribution in [2.24, 2.45) is 34.5 Å². The van der Waals surface area contributed by atoms with Crippen molar-refractivity contribution in [1.82, 2.24) is 15.1 Å². The summed E-state index contributed by atoms with van der Waals surface area (Å²) < 4.78 is 5.51. The van der Waals surface area contributed by atoms with E-state index in [9.17, 15) is 14.4 Å². The monoisotopic (exact) mass is 527 g/mol. The molecule has 0 aromatic carbocycles. The average molecular weight is 528 g/mol. The van der Waals surface area contributed by atoms with E-state index in [1.807, 2.05) is 38.8 Å². The van der Waals surface area contributed by atoms with Gasteiger partial charge in [0.05, 0.1) is 0 Å². The lowest BCUT2D eigenvalue weighted by molar-refractivity contribution is -0.139. The molecule has 1 saturated heterocycles. The molecule has 2 aliphatic heterocycles. The molecule has 212 valence electrons. The summed E-state index contributed by atoms with van der Waals surface area (Å²) in [6, 6.07) is 0.449. The number of nitrogens with zero attached hydrogens (tertiary/aromatic N) is 2. The molecule has 0 aromatic heterocycles. The molecule has 7 atom stereocenters. The fourth-order valence-electron chi connectivity index (χ4n) is 9.23. The molecule has 3 aliphatic carbocycles. The Hall–Kier alpha value is -2.05. The molecule has 3 saturated carbocycles. The van der Waals surface area contributed by atoms with E-state index in [1.165, 1.54) is 25.7 Å². The Morgan fingerprint density at radius 3 is 2.42 bits per heavy atom. The lowest BCUT2D eigenvalue weighted by atomic mass is 9.47. The molecule has 1 N–H and O–H groups in total. The van der Waals surface area contributed by atoms with Crippen LogP contribution in [0.5, 0.6) is 0 Å². The molecule has 0 radical (unpaired) electrons. The van der Waals surface area contributed by atoms with Gasteiger partial charge in [-0.1, -0.05) is 19.9 Å². The quantitative estimate of drug-likeness (QED) is 0.551. The van der Waals surface area contributed by atoms with Gasteiger partial charge in [0, 0.05) is 44.1 Å². The number of carbonyl (C=O) groups excluding carboxylic acids is 3. The Balaban J connectivity index is 1.16. The van der Waals surface area contributed by atoms with Gasteiger partial charge in [-0.2, -0.15) is 0 Å². The van der Waals surface area contributed by atoms with Gasteiger partial charge in [0.1, 0.15) is 5.60 Å². The zero-order valence-electron chi connectivity index (χ0n) is 24.4. The van der Waals surface area contributed by atoms with Crippen molar-refractivity contribution in [3.05, 3.63) is 12.2 Å². The Kier molecular flexibility index (Phi) is 7.13. The average Bonchev–Trinajstić information content (AvgIpc) is 3.17. The molecule has 0 unspecified atom stereocenters. The van der Waals surface area contributed by atoms with Crippen molar-refractivity contribution in [3.8, 4) is 0 Å². The van der Waals surface area contributed by atoms with Crippen molar-refractivity contribution in [3.63, 3.8) is 0 Å². The van der Waals surface area contributed by atoms with Gasteiger partial charge in [-0.15, -0.1) is 0 Å². The smallest absolute Gasteiger partial charge is 0.410 e. The Bertz CT molecular complexity index is 980. The molecule has 0 aromatic rings. The summed E-state index contributed by atoms with van der Waals surface area (Å²) in [6.45, 7) is 11.8. The molecule has 5 aliphatic rings. The van der Waals surface area contributed by atoms with Gasteiger partial charge in [-0.3, -0.25) is 9.59 Å². The SMILES string of the molecule is CN1C(=O)C=C[C@]2(C)[C@H]3CC[C@]4(C)[C@@H](CC(=O)NC5CCN(C(=O)OC(C)(C)C)CC5)CC[C@H]4[C@@H]3CC[C@@H]12. The summed E-state index contributed by atoms with van der Waals surface area (Å²) in [5, 5.41) is 3.31. The first-order valence-corrected chi connectivity index (χ1v) is 15.0. The van der Waals surface area contributed by atoms with Gasteiger partial charge >= 0.3 is 6.09 Å². The van der Waals surface area contributed by atoms with Crippen molar-refractivity contribution < 1.29 is 19.1 Å². The number of likely N-dealkylation sites (N-methyl/N-ethyl adjacent to an activating group) is 1. The zero-order valence-corrected chi connectivity index (χ0v) is 24.4. The second kappa shape index (κ2) is 9.85. The lowest BCUT2D eigenvalue weighted by Crippen LogP contribution is -2.59. The number of likely N-dealkylation sites (tertiary alicyclic amines) is 1. The third-order valence-electron chi connectivity index (χ3n) is 11.3. The van der Waals surface area contributed by atoms with Crippen LogP contribution in [0, 0.1) is 34.5 Å². The van der Waals surface area contributed by atoms with Crippen LogP contribution in [0.3, 0.4) is 0 Å². The normalized spacial score (nSPS) is 39.3. The van der Waals surface area contributed by atoms with E-state index in [-0.39, 0.29) is 34.8 Å². The topological polar surface area (TPSA) is 79.0 Å². The van der Waals surface area contributed by atoms with Crippen LogP contribution in [0.15, 0.2) is 12.2 Å². The summed E-state index contributed by atoms with van der Waals surface area (Å²) in [5.41, 5.74) is -0.200. The Morgan fingerprint density at radius 1 is 1.03 bits per heavy atom. The minimum absolute atomic E-state index is 0.0660. The first kappa shape index (κ1) is 27.5. The second-order valence-electron chi connectivity index (χ2n) is 14.5. The summed E-state index contributed by atoms with van der Waals surface area (Å²) in [6.07, 6.45) is 13.0. The van der Waals surface area contributed by atoms with Gasteiger partial charge in [0.15, 0.2) is 0 Å². The van der Waals surface area contributed by atoms with E-state index in [4.69, 9.17) is 4.74 Å². The lowest BCUT2D eigenvalue weighted by Gasteiger charge is -2.60. The van der Waals surface area contributed by atoms with Gasteiger partial charge in [-0.05, 0) is 107 Å². The Labute approximate surface area is 229 Å². The summed E-state index contributed by atoms with van der Waals surface area (Å²) in [7, 11) is 1.98. The fourth-order valence-corrected chi connectivity index (χ4v) is 9.23. The number of hydrogen-bond acceptors (Lipinski definition) is 4. The highest BCUT2D eigenvalue weighted by molar-refractivity contribution is 5.89. The second-order valence-corrected chi connectivity index (χ2v) is 14.5. The summed E-state index contributed by atoms with van der Waals surface area (Å²) in [4.78, 5) is 41.7. The van der Waals surface area contributed by atoms with E-state index in [1.54, 1.807) is 4.90 Å². The summed E-state index contributed by atoms with van der Waals surface area (Å²) in [5.74, 6) is 2.74. The molecular formula is C31H49N3O4. The molecule has 4 fully saturated rings. The largest absolute Gasteiger partial charge is 0.444 e. The van der Waals surface area contributed by atoms with Crippen molar-refractivity contribution in [2.45, 2.75) is 110 Å². The van der Waals surface area contributed by atoms with Crippen molar-refractivity contribution >= 4 is 17.9 Å². The van der Waals surface area contributed by atoms with Crippen molar-refractivity contribution in [2.75, 3.05) is 20.1 Å². The van der Waals surface area contributed by atoms with Crippen LogP contribution in [-0.2, 0) is 14.3 Å². The first-order valence-electron chi connectivity index (χ1n) is 15.0. The zero-order chi connectivity index (χ0) is 27.5. The third-order valence-corrected chi connectivity index (χ3v) is 11.3. The maximum Gasteiger partial charge on any atom is 0.410 e. The third kappa shape index (κ3) is 4.88. The molecule has 0 bridgehead atoms. The van der Waals surface area contributed by atoms with E-state index >= 15 is 0 Å². The van der Waals surface area contributed by atoms with Crippen LogP contribution in [0.4, 0.5) is 4.79 Å². The molecule has 38 heavy (non-hydrogen) atoms. The van der Waals surface area contributed by atoms with Gasteiger partial charge in [-0.25, -0.2) is 4.79 Å². The van der Waals surface area contributed by atoms with Crippen LogP contribution in [0.1, 0.15) is 92.4 Å². The minimum Gasteiger partial charge on any atom is -0.444 e. The van der Waals surface area contributed by atoms with E-state index < -0.39 is 5.60 Å². The number of carbonyl (C=O) groups is 3. The summed E-state index contributed by atoms with van der Waals surface area (Å²) >= 11 is 0. The number of piperidine rings is 1. The molecule has 3 amide bonds. The van der Waals surface area contributed by atoms with Crippen LogP contribution < -0.4 is 5.32 Å². The maximum absolute atomic E-state index is 13.2. The molecular weight excluding hydrogens is 478 g/mol. The van der Waals surface area contributed by atoms with Crippen LogP contribution in [-0.4, -0.2) is 65.5 Å². The predicted molar refractivity (Wildman–Crippen MR) is 147 cm³/mol. The van der Waals surface area contributed by atoms with Gasteiger partial charge in [0.2, 0.25) is 11.8 Å². The highest BCUT2D eigenvalue weighted by Crippen LogP contribution is 2.65. The minimum atomic E-state index is -0.490. The van der Waals surface area contributed by atoms with Crippen LogP contribution in [0.25, 0.3) is 0 Å². The fraction of sp³-hybridized carbons (Fsp3) is 0.839.